The summed E-state index contributed by atoms with van der Waals surface area (Å²) in [5.41, 5.74) is 1.21. The number of aromatic nitrogens is 1. The molecule has 0 saturated carbocycles. The lowest BCUT2D eigenvalue weighted by atomic mass is 10.1. The summed E-state index contributed by atoms with van der Waals surface area (Å²) in [7, 11) is 2.17. The van der Waals surface area contributed by atoms with Crippen LogP contribution in [0.2, 0.25) is 0 Å². The average Bonchev–Trinajstić information content (AvgIpc) is 2.31. The van der Waals surface area contributed by atoms with Crippen LogP contribution in [0.5, 0.6) is 0 Å². The number of rotatable bonds is 3. The molecule has 2 heterocycles. The topological polar surface area (TPSA) is 28.2 Å². The highest BCUT2D eigenvalue weighted by Gasteiger charge is 2.21. The van der Waals surface area contributed by atoms with Crippen LogP contribution in [0.25, 0.3) is 0 Å². The predicted octanol–water partition coefficient (Wildman–Crippen LogP) is 0.855. The molecule has 0 aromatic carbocycles. The van der Waals surface area contributed by atoms with E-state index < -0.39 is 0 Å². The first kappa shape index (κ1) is 9.12. The van der Waals surface area contributed by atoms with Crippen molar-refractivity contribution in [2.24, 2.45) is 0 Å². The third-order valence-electron chi connectivity index (χ3n) is 2.46. The van der Waals surface area contributed by atoms with E-state index in [-0.39, 0.29) is 0 Å². The molecule has 0 atom stereocenters. The maximum atomic E-state index is 4.45. The number of nitrogens with one attached hydrogen (secondary N) is 1. The molecule has 0 radical (unpaired) electrons. The molecular weight excluding hydrogens is 182 g/mol. The Bertz CT molecular complexity index is 280. The molecule has 0 unspecified atom stereocenters. The number of aryl methyl sites for hydroxylation is 1. The summed E-state index contributed by atoms with van der Waals surface area (Å²) in [6.07, 6.45) is 0. The van der Waals surface area contributed by atoms with Gasteiger partial charge in [-0.05, 0) is 14.0 Å². The van der Waals surface area contributed by atoms with E-state index in [1.807, 2.05) is 0 Å². The van der Waals surface area contributed by atoms with Gasteiger partial charge in [-0.3, -0.25) is 4.90 Å². The summed E-state index contributed by atoms with van der Waals surface area (Å²) in [6.45, 7) is 5.29. The van der Waals surface area contributed by atoms with Gasteiger partial charge in [-0.1, -0.05) is 0 Å². The van der Waals surface area contributed by atoms with E-state index in [1.165, 1.54) is 5.69 Å². The molecule has 1 aromatic rings. The molecule has 2 rings (SSSR count). The largest absolute Gasteiger partial charge is 0.314 e. The third-order valence-corrected chi connectivity index (χ3v) is 3.28. The summed E-state index contributed by atoms with van der Waals surface area (Å²) in [4.78, 5) is 6.81. The van der Waals surface area contributed by atoms with Gasteiger partial charge in [-0.25, -0.2) is 4.98 Å². The predicted molar refractivity (Wildman–Crippen MR) is 55.0 cm³/mol. The molecule has 1 aliphatic heterocycles. The molecule has 0 bridgehead atoms. The fourth-order valence-corrected chi connectivity index (χ4v) is 2.05. The van der Waals surface area contributed by atoms with Gasteiger partial charge in [0, 0.05) is 31.1 Å². The van der Waals surface area contributed by atoms with Crippen LogP contribution in [0.3, 0.4) is 0 Å². The Balaban J connectivity index is 1.89. The van der Waals surface area contributed by atoms with Crippen LogP contribution in [0, 0.1) is 6.92 Å². The Hall–Kier alpha value is -0.450. The highest BCUT2D eigenvalue weighted by Crippen LogP contribution is 2.12. The first-order chi connectivity index (χ1) is 6.25. The van der Waals surface area contributed by atoms with Crippen molar-refractivity contribution in [1.82, 2.24) is 15.2 Å². The van der Waals surface area contributed by atoms with Crippen LogP contribution in [0.15, 0.2) is 5.38 Å². The van der Waals surface area contributed by atoms with E-state index in [2.05, 4.69) is 34.6 Å². The maximum Gasteiger partial charge on any atom is 0.0897 e. The summed E-state index contributed by atoms with van der Waals surface area (Å²) in [6, 6.07) is 0.710. The molecule has 3 nitrogen and oxygen atoms in total. The van der Waals surface area contributed by atoms with Crippen LogP contribution < -0.4 is 5.32 Å². The molecule has 72 valence electrons. The Morgan fingerprint density at radius 1 is 1.69 bits per heavy atom. The molecule has 13 heavy (non-hydrogen) atoms. The molecule has 1 saturated heterocycles. The van der Waals surface area contributed by atoms with E-state index >= 15 is 0 Å². The standard InChI is InChI=1S/C9H15N3S/c1-7-11-8(6-13-7)5-12(2)9-3-10-4-9/h6,9-10H,3-5H2,1-2H3. The second-order valence-electron chi connectivity index (χ2n) is 3.59. The van der Waals surface area contributed by atoms with Gasteiger partial charge < -0.3 is 5.32 Å². The second kappa shape index (κ2) is 3.74. The average molecular weight is 197 g/mol. The van der Waals surface area contributed by atoms with Crippen molar-refractivity contribution in [3.05, 3.63) is 16.1 Å². The van der Waals surface area contributed by atoms with Crippen molar-refractivity contribution < 1.29 is 0 Å². The van der Waals surface area contributed by atoms with Gasteiger partial charge in [0.25, 0.3) is 0 Å². The summed E-state index contributed by atoms with van der Waals surface area (Å²) in [5.74, 6) is 0. The van der Waals surface area contributed by atoms with E-state index in [0.717, 1.165) is 24.6 Å². The van der Waals surface area contributed by atoms with Crippen molar-refractivity contribution in [3.63, 3.8) is 0 Å². The van der Waals surface area contributed by atoms with Gasteiger partial charge in [0.15, 0.2) is 0 Å². The number of thiazole rings is 1. The van der Waals surface area contributed by atoms with Crippen LogP contribution in [0.1, 0.15) is 10.7 Å². The van der Waals surface area contributed by atoms with Gasteiger partial charge >= 0.3 is 0 Å². The van der Waals surface area contributed by atoms with Crippen LogP contribution in [0.4, 0.5) is 0 Å². The molecule has 0 amide bonds. The Morgan fingerprint density at radius 2 is 2.46 bits per heavy atom. The summed E-state index contributed by atoms with van der Waals surface area (Å²) in [5, 5.41) is 6.59. The lowest BCUT2D eigenvalue weighted by Gasteiger charge is -2.35. The van der Waals surface area contributed by atoms with Crippen LogP contribution in [-0.2, 0) is 6.54 Å². The first-order valence-electron chi connectivity index (χ1n) is 4.57. The van der Waals surface area contributed by atoms with Crippen molar-refractivity contribution in [2.75, 3.05) is 20.1 Å². The minimum atomic E-state index is 0.710. The highest BCUT2D eigenvalue weighted by atomic mass is 32.1. The zero-order valence-corrected chi connectivity index (χ0v) is 8.90. The van der Waals surface area contributed by atoms with E-state index in [0.29, 0.717) is 6.04 Å². The fourth-order valence-electron chi connectivity index (χ4n) is 1.45. The molecule has 0 aliphatic carbocycles. The minimum absolute atomic E-state index is 0.710. The molecule has 4 heteroatoms. The molecule has 0 spiro atoms. The number of nitrogens with zero attached hydrogens (tertiary/aromatic N) is 2. The van der Waals surface area contributed by atoms with Crippen LogP contribution >= 0.6 is 11.3 Å². The zero-order chi connectivity index (χ0) is 9.26. The Morgan fingerprint density at radius 3 is 2.92 bits per heavy atom. The van der Waals surface area contributed by atoms with E-state index in [1.54, 1.807) is 11.3 Å². The highest BCUT2D eigenvalue weighted by molar-refractivity contribution is 7.09. The molecule has 1 fully saturated rings. The van der Waals surface area contributed by atoms with Gasteiger partial charge in [-0.15, -0.1) is 11.3 Å². The van der Waals surface area contributed by atoms with Gasteiger partial charge in [-0.2, -0.15) is 0 Å². The van der Waals surface area contributed by atoms with Crippen molar-refractivity contribution in [1.29, 1.82) is 0 Å². The quantitative estimate of drug-likeness (QED) is 0.779. The Labute approximate surface area is 82.8 Å². The van der Waals surface area contributed by atoms with Gasteiger partial charge in [0.1, 0.15) is 0 Å². The normalized spacial score (nSPS) is 17.8. The number of hydrogen-bond donors (Lipinski definition) is 1. The first-order valence-corrected chi connectivity index (χ1v) is 5.45. The van der Waals surface area contributed by atoms with Crippen molar-refractivity contribution >= 4 is 11.3 Å². The molecular formula is C9H15N3S. The summed E-state index contributed by atoms with van der Waals surface area (Å²) < 4.78 is 0. The van der Waals surface area contributed by atoms with E-state index in [4.69, 9.17) is 0 Å². The van der Waals surface area contributed by atoms with Crippen LogP contribution in [-0.4, -0.2) is 36.1 Å². The SMILES string of the molecule is Cc1nc(CN(C)C2CNC2)cs1. The third kappa shape index (κ3) is 2.07. The van der Waals surface area contributed by atoms with Gasteiger partial charge in [0.2, 0.25) is 0 Å². The molecule has 1 aliphatic rings. The number of likely N-dealkylation sites (N-methyl/N-ethyl adjacent to an activating group) is 1. The minimum Gasteiger partial charge on any atom is -0.314 e. The van der Waals surface area contributed by atoms with Gasteiger partial charge in [0.05, 0.1) is 10.7 Å². The molecule has 1 N–H and O–H groups in total. The smallest absolute Gasteiger partial charge is 0.0897 e. The lowest BCUT2D eigenvalue weighted by molar-refractivity contribution is 0.171. The van der Waals surface area contributed by atoms with Crippen molar-refractivity contribution in [3.8, 4) is 0 Å². The fraction of sp³-hybridized carbons (Fsp3) is 0.667. The monoisotopic (exact) mass is 197 g/mol. The lowest BCUT2D eigenvalue weighted by Crippen LogP contribution is -2.55. The summed E-state index contributed by atoms with van der Waals surface area (Å²) >= 11 is 1.73. The number of hydrogen-bond acceptors (Lipinski definition) is 4. The Kier molecular flexibility index (Phi) is 2.62. The second-order valence-corrected chi connectivity index (χ2v) is 4.65. The zero-order valence-electron chi connectivity index (χ0n) is 8.08. The molecule has 1 aromatic heterocycles. The van der Waals surface area contributed by atoms with Crippen molar-refractivity contribution in [2.45, 2.75) is 19.5 Å². The van der Waals surface area contributed by atoms with E-state index in [9.17, 15) is 0 Å². The maximum absolute atomic E-state index is 4.45.